The van der Waals surface area contributed by atoms with Crippen LogP contribution in [0.25, 0.3) is 0 Å². The number of hydrogen-bond donors (Lipinski definition) is 0. The summed E-state index contributed by atoms with van der Waals surface area (Å²) in [5, 5.41) is 0. The Balaban J connectivity index is 1.52. The minimum atomic E-state index is -0.498. The Morgan fingerprint density at radius 2 is 1.74 bits per heavy atom. The van der Waals surface area contributed by atoms with Crippen molar-refractivity contribution >= 4 is 0 Å². The molecule has 2 aliphatic rings. The highest BCUT2D eigenvalue weighted by atomic mass is 16.7. The van der Waals surface area contributed by atoms with E-state index in [1.807, 2.05) is 13.8 Å². The fourth-order valence-electron chi connectivity index (χ4n) is 1.86. The van der Waals surface area contributed by atoms with Gasteiger partial charge in [-0.15, -0.1) is 0 Å². The van der Waals surface area contributed by atoms with Crippen molar-refractivity contribution in [2.24, 2.45) is 0 Å². The molecule has 2 aliphatic heterocycles. The Kier molecular flexibility index (Phi) is 5.56. The van der Waals surface area contributed by atoms with E-state index in [2.05, 4.69) is 0 Å². The number of epoxide rings is 1. The first-order valence-corrected chi connectivity index (χ1v) is 6.71. The predicted molar refractivity (Wildman–Crippen MR) is 67.1 cm³/mol. The normalized spacial score (nSPS) is 30.5. The van der Waals surface area contributed by atoms with Crippen LogP contribution in [0.2, 0.25) is 0 Å². The van der Waals surface area contributed by atoms with Crippen LogP contribution in [0.15, 0.2) is 0 Å². The summed E-state index contributed by atoms with van der Waals surface area (Å²) in [6.07, 6.45) is 0.215. The van der Waals surface area contributed by atoms with Crippen molar-refractivity contribution < 1.29 is 28.4 Å². The van der Waals surface area contributed by atoms with E-state index >= 15 is 0 Å². The minimum absolute atomic E-state index is 0.00621. The lowest BCUT2D eigenvalue weighted by molar-refractivity contribution is -0.147. The molecule has 2 heterocycles. The molecule has 0 amide bonds. The lowest BCUT2D eigenvalue weighted by Gasteiger charge is -2.19. The fraction of sp³-hybridized carbons (Fsp3) is 1.00. The average molecular weight is 276 g/mol. The van der Waals surface area contributed by atoms with Crippen LogP contribution in [0.1, 0.15) is 13.8 Å². The van der Waals surface area contributed by atoms with Gasteiger partial charge in [0.2, 0.25) is 0 Å². The third kappa shape index (κ3) is 5.72. The van der Waals surface area contributed by atoms with Gasteiger partial charge in [0.15, 0.2) is 5.79 Å². The topological polar surface area (TPSA) is 58.7 Å². The van der Waals surface area contributed by atoms with Gasteiger partial charge >= 0.3 is 0 Å². The first-order valence-electron chi connectivity index (χ1n) is 6.71. The highest BCUT2D eigenvalue weighted by Crippen LogP contribution is 2.22. The van der Waals surface area contributed by atoms with Gasteiger partial charge in [0, 0.05) is 7.11 Å². The summed E-state index contributed by atoms with van der Waals surface area (Å²) >= 11 is 0. The Bertz CT molecular complexity index is 266. The molecule has 0 saturated carbocycles. The summed E-state index contributed by atoms with van der Waals surface area (Å²) in [7, 11) is 1.66. The van der Waals surface area contributed by atoms with Gasteiger partial charge in [-0.2, -0.15) is 0 Å². The molecule has 6 heteroatoms. The fourth-order valence-corrected chi connectivity index (χ4v) is 1.86. The monoisotopic (exact) mass is 276 g/mol. The maximum atomic E-state index is 5.65. The maximum absolute atomic E-state index is 5.65. The lowest BCUT2D eigenvalue weighted by atomic mass is 10.4. The second kappa shape index (κ2) is 6.97. The van der Waals surface area contributed by atoms with Gasteiger partial charge in [-0.1, -0.05) is 0 Å². The zero-order valence-corrected chi connectivity index (χ0v) is 11.9. The van der Waals surface area contributed by atoms with E-state index in [1.54, 1.807) is 7.11 Å². The lowest BCUT2D eigenvalue weighted by Crippen LogP contribution is -2.29. The molecule has 2 saturated heterocycles. The molecule has 0 radical (unpaired) electrons. The zero-order chi connectivity index (χ0) is 13.7. The molecule has 0 bridgehead atoms. The van der Waals surface area contributed by atoms with Crippen molar-refractivity contribution in [3.05, 3.63) is 0 Å². The molecule has 0 aromatic carbocycles. The Morgan fingerprint density at radius 1 is 1.11 bits per heavy atom. The van der Waals surface area contributed by atoms with Gasteiger partial charge in [-0.3, -0.25) is 0 Å². The van der Waals surface area contributed by atoms with Crippen LogP contribution >= 0.6 is 0 Å². The van der Waals surface area contributed by atoms with Crippen LogP contribution in [0, 0.1) is 0 Å². The van der Waals surface area contributed by atoms with E-state index in [0.717, 1.165) is 6.61 Å². The Hall–Kier alpha value is -0.240. The molecular weight excluding hydrogens is 252 g/mol. The van der Waals surface area contributed by atoms with Crippen LogP contribution in [-0.2, 0) is 28.4 Å². The number of ether oxygens (including phenoxy) is 6. The molecule has 6 nitrogen and oxygen atoms in total. The molecule has 2 fully saturated rings. The number of hydrogen-bond acceptors (Lipinski definition) is 6. The average Bonchev–Trinajstić information content (AvgIpc) is 3.12. The van der Waals surface area contributed by atoms with Crippen molar-refractivity contribution in [2.75, 3.05) is 46.8 Å². The summed E-state index contributed by atoms with van der Waals surface area (Å²) in [4.78, 5) is 0. The predicted octanol–water partition coefficient (Wildman–Crippen LogP) is 0.585. The molecule has 0 aliphatic carbocycles. The smallest absolute Gasteiger partial charge is 0.163 e. The zero-order valence-electron chi connectivity index (χ0n) is 11.9. The van der Waals surface area contributed by atoms with Gasteiger partial charge in [-0.05, 0) is 13.8 Å². The molecule has 2 rings (SSSR count). The van der Waals surface area contributed by atoms with Gasteiger partial charge in [0.25, 0.3) is 0 Å². The number of methoxy groups -OCH3 is 1. The third-order valence-corrected chi connectivity index (χ3v) is 3.02. The molecule has 3 unspecified atom stereocenters. The van der Waals surface area contributed by atoms with E-state index in [4.69, 9.17) is 28.4 Å². The number of rotatable bonds is 9. The quantitative estimate of drug-likeness (QED) is 0.574. The first-order chi connectivity index (χ1) is 9.09. The van der Waals surface area contributed by atoms with Gasteiger partial charge < -0.3 is 28.4 Å². The SMILES string of the molecule is COC(COCC1CO1)COCC1COC(C)(C)O1. The van der Waals surface area contributed by atoms with E-state index in [9.17, 15) is 0 Å². The summed E-state index contributed by atoms with van der Waals surface area (Å²) in [6, 6.07) is 0. The van der Waals surface area contributed by atoms with E-state index < -0.39 is 5.79 Å². The molecule has 19 heavy (non-hydrogen) atoms. The molecule has 3 atom stereocenters. The second-order valence-corrected chi connectivity index (χ2v) is 5.34. The summed E-state index contributed by atoms with van der Waals surface area (Å²) in [6.45, 7) is 7.33. The minimum Gasteiger partial charge on any atom is -0.377 e. The summed E-state index contributed by atoms with van der Waals surface area (Å²) in [5.74, 6) is -0.498. The van der Waals surface area contributed by atoms with E-state index in [1.165, 1.54) is 0 Å². The van der Waals surface area contributed by atoms with Gasteiger partial charge in [0.1, 0.15) is 18.3 Å². The first kappa shape index (κ1) is 15.2. The van der Waals surface area contributed by atoms with Crippen LogP contribution in [0.3, 0.4) is 0 Å². The van der Waals surface area contributed by atoms with Crippen LogP contribution in [0.4, 0.5) is 0 Å². The summed E-state index contributed by atoms with van der Waals surface area (Å²) in [5.41, 5.74) is 0. The molecule has 0 N–H and O–H groups in total. The van der Waals surface area contributed by atoms with Gasteiger partial charge in [-0.25, -0.2) is 0 Å². The van der Waals surface area contributed by atoms with E-state index in [0.29, 0.717) is 33.0 Å². The molecule has 0 aromatic heterocycles. The Labute approximate surface area is 114 Å². The van der Waals surface area contributed by atoms with Crippen LogP contribution in [-0.4, -0.2) is 70.9 Å². The third-order valence-electron chi connectivity index (χ3n) is 3.02. The van der Waals surface area contributed by atoms with Crippen LogP contribution < -0.4 is 0 Å². The van der Waals surface area contributed by atoms with Crippen molar-refractivity contribution in [2.45, 2.75) is 37.9 Å². The Morgan fingerprint density at radius 3 is 2.21 bits per heavy atom. The summed E-state index contributed by atoms with van der Waals surface area (Å²) < 4.78 is 32.5. The van der Waals surface area contributed by atoms with E-state index in [-0.39, 0.29) is 18.3 Å². The van der Waals surface area contributed by atoms with Crippen LogP contribution in [0.5, 0.6) is 0 Å². The van der Waals surface area contributed by atoms with Crippen molar-refractivity contribution in [1.82, 2.24) is 0 Å². The highest BCUT2D eigenvalue weighted by molar-refractivity contribution is 4.71. The van der Waals surface area contributed by atoms with Crippen molar-refractivity contribution in [1.29, 1.82) is 0 Å². The largest absolute Gasteiger partial charge is 0.377 e. The second-order valence-electron chi connectivity index (χ2n) is 5.34. The highest BCUT2D eigenvalue weighted by Gasteiger charge is 2.32. The van der Waals surface area contributed by atoms with Crippen molar-refractivity contribution in [3.63, 3.8) is 0 Å². The van der Waals surface area contributed by atoms with Gasteiger partial charge in [0.05, 0.1) is 39.6 Å². The molecule has 112 valence electrons. The van der Waals surface area contributed by atoms with Crippen molar-refractivity contribution in [3.8, 4) is 0 Å². The molecule has 0 spiro atoms. The molecular formula is C13H24O6. The maximum Gasteiger partial charge on any atom is 0.163 e. The molecule has 0 aromatic rings. The standard InChI is InChI=1S/C13H24O6/c1-13(2)18-9-12(19-13)7-16-5-10(14-3)4-15-6-11-8-17-11/h10-12H,4-9H2,1-3H3.